The fraction of sp³-hybridized carbons (Fsp3) is 0.200. The Morgan fingerprint density at radius 2 is 1.81 bits per heavy atom. The molecule has 0 aliphatic rings. The van der Waals surface area contributed by atoms with E-state index in [-0.39, 0.29) is 18.9 Å². The monoisotopic (exact) mass is 417 g/mol. The smallest absolute Gasteiger partial charge is 0.310 e. The minimum absolute atomic E-state index is 0.0208. The van der Waals surface area contributed by atoms with Gasteiger partial charge in [-0.15, -0.1) is 0 Å². The molecule has 4 aromatic rings. The van der Waals surface area contributed by atoms with Gasteiger partial charge in [-0.05, 0) is 30.5 Å². The van der Waals surface area contributed by atoms with E-state index in [9.17, 15) is 9.59 Å². The first-order chi connectivity index (χ1) is 15.1. The van der Waals surface area contributed by atoms with Gasteiger partial charge in [0.05, 0.1) is 25.5 Å². The van der Waals surface area contributed by atoms with E-state index in [1.54, 1.807) is 24.1 Å². The molecule has 0 unspecified atom stereocenters. The maximum atomic E-state index is 12.8. The number of esters is 1. The fourth-order valence-electron chi connectivity index (χ4n) is 3.68. The van der Waals surface area contributed by atoms with Crippen molar-refractivity contribution in [3.63, 3.8) is 0 Å². The molecule has 0 aliphatic carbocycles. The van der Waals surface area contributed by atoms with Gasteiger partial charge in [0.15, 0.2) is 6.61 Å². The van der Waals surface area contributed by atoms with Crippen LogP contribution in [0.1, 0.15) is 12.5 Å². The zero-order valence-electron chi connectivity index (χ0n) is 17.5. The normalized spacial score (nSPS) is 10.9. The minimum atomic E-state index is -0.485. The van der Waals surface area contributed by atoms with Crippen LogP contribution in [0.25, 0.3) is 21.7 Å². The molecule has 0 radical (unpaired) electrons. The Bertz CT molecular complexity index is 1240. The van der Waals surface area contributed by atoms with Gasteiger partial charge >= 0.3 is 5.97 Å². The van der Waals surface area contributed by atoms with Gasteiger partial charge < -0.3 is 18.8 Å². The zero-order valence-corrected chi connectivity index (χ0v) is 17.5. The molecule has 1 amide bonds. The van der Waals surface area contributed by atoms with Crippen molar-refractivity contribution >= 4 is 39.3 Å². The molecular weight excluding hydrogens is 394 g/mol. The van der Waals surface area contributed by atoms with Crippen molar-refractivity contribution in [2.75, 3.05) is 25.2 Å². The Kier molecular flexibility index (Phi) is 5.89. The van der Waals surface area contributed by atoms with Crippen molar-refractivity contribution in [2.45, 2.75) is 13.3 Å². The van der Waals surface area contributed by atoms with Crippen molar-refractivity contribution in [3.05, 3.63) is 72.5 Å². The van der Waals surface area contributed by atoms with Gasteiger partial charge in [0, 0.05) is 28.9 Å². The highest BCUT2D eigenvalue weighted by molar-refractivity contribution is 6.04. The second-order valence-corrected chi connectivity index (χ2v) is 7.10. The summed E-state index contributed by atoms with van der Waals surface area (Å²) >= 11 is 0. The number of methoxy groups -OCH3 is 1. The lowest BCUT2D eigenvalue weighted by atomic mass is 10.1. The van der Waals surface area contributed by atoms with Crippen molar-refractivity contribution < 1.29 is 23.5 Å². The number of hydrogen-bond acceptors (Lipinski definition) is 5. The van der Waals surface area contributed by atoms with Gasteiger partial charge in [-0.3, -0.25) is 9.59 Å². The first-order valence-electron chi connectivity index (χ1n) is 10.1. The van der Waals surface area contributed by atoms with Crippen LogP contribution in [-0.4, -0.2) is 32.1 Å². The lowest BCUT2D eigenvalue weighted by Crippen LogP contribution is -2.34. The Balaban J connectivity index is 1.43. The first-order valence-corrected chi connectivity index (χ1v) is 10.1. The summed E-state index contributed by atoms with van der Waals surface area (Å²) in [7, 11) is 1.58. The van der Waals surface area contributed by atoms with Gasteiger partial charge in [0.25, 0.3) is 5.91 Å². The highest BCUT2D eigenvalue weighted by Crippen LogP contribution is 2.27. The number of fused-ring (bicyclic) bond motifs is 2. The maximum Gasteiger partial charge on any atom is 0.310 e. The summed E-state index contributed by atoms with van der Waals surface area (Å²) in [6.07, 6.45) is 1.55. The molecule has 0 saturated carbocycles. The summed E-state index contributed by atoms with van der Waals surface area (Å²) in [6.45, 7) is 2.05. The fourth-order valence-corrected chi connectivity index (χ4v) is 3.68. The van der Waals surface area contributed by atoms with Gasteiger partial charge in [0.2, 0.25) is 0 Å². The van der Waals surface area contributed by atoms with Crippen LogP contribution in [0.3, 0.4) is 0 Å². The molecule has 1 aromatic heterocycles. The molecule has 6 nitrogen and oxygen atoms in total. The van der Waals surface area contributed by atoms with Crippen molar-refractivity contribution in [3.8, 4) is 5.75 Å². The van der Waals surface area contributed by atoms with E-state index in [1.165, 1.54) is 6.26 Å². The van der Waals surface area contributed by atoms with Gasteiger partial charge in [0.1, 0.15) is 11.3 Å². The van der Waals surface area contributed by atoms with E-state index in [4.69, 9.17) is 13.9 Å². The third-order valence-electron chi connectivity index (χ3n) is 5.23. The van der Waals surface area contributed by atoms with Crippen molar-refractivity contribution in [2.24, 2.45) is 0 Å². The summed E-state index contributed by atoms with van der Waals surface area (Å²) in [4.78, 5) is 26.8. The molecule has 0 aliphatic heterocycles. The molecule has 158 valence electrons. The SMILES string of the molecule is CCN(C(=O)COC(=O)Cc1coc2cc(OC)ccc12)c1cccc2ccccc12. The molecule has 1 heterocycles. The second-order valence-electron chi connectivity index (χ2n) is 7.10. The number of benzene rings is 3. The summed E-state index contributed by atoms with van der Waals surface area (Å²) in [6, 6.07) is 19.1. The predicted molar refractivity (Wildman–Crippen MR) is 119 cm³/mol. The second kappa shape index (κ2) is 8.92. The van der Waals surface area contributed by atoms with Crippen LogP contribution in [0.2, 0.25) is 0 Å². The van der Waals surface area contributed by atoms with Crippen molar-refractivity contribution in [1.29, 1.82) is 0 Å². The van der Waals surface area contributed by atoms with Crippen LogP contribution in [-0.2, 0) is 20.7 Å². The molecule has 0 spiro atoms. The quantitative estimate of drug-likeness (QED) is 0.407. The van der Waals surface area contributed by atoms with Crippen LogP contribution in [0.4, 0.5) is 5.69 Å². The Hall–Kier alpha value is -3.80. The third-order valence-corrected chi connectivity index (χ3v) is 5.23. The number of carbonyl (C=O) groups is 2. The number of amides is 1. The topological polar surface area (TPSA) is 69.0 Å². The van der Waals surface area contributed by atoms with Crippen molar-refractivity contribution in [1.82, 2.24) is 0 Å². The molecule has 0 bridgehead atoms. The molecule has 6 heteroatoms. The van der Waals surface area contributed by atoms with E-state index >= 15 is 0 Å². The summed E-state index contributed by atoms with van der Waals surface area (Å²) in [5, 5.41) is 2.84. The molecular formula is C25H23NO5. The predicted octanol–water partition coefficient (Wildman–Crippen LogP) is 4.73. The Morgan fingerprint density at radius 1 is 1.00 bits per heavy atom. The summed E-state index contributed by atoms with van der Waals surface area (Å²) < 4.78 is 16.0. The third kappa shape index (κ3) is 4.23. The van der Waals surface area contributed by atoms with E-state index in [0.717, 1.165) is 21.8 Å². The largest absolute Gasteiger partial charge is 0.497 e. The molecule has 31 heavy (non-hydrogen) atoms. The van der Waals surface area contributed by atoms with E-state index < -0.39 is 5.97 Å². The number of ether oxygens (including phenoxy) is 2. The van der Waals surface area contributed by atoms with Gasteiger partial charge in [-0.25, -0.2) is 0 Å². The Labute approximate surface area is 180 Å². The average Bonchev–Trinajstić information content (AvgIpc) is 3.20. The molecule has 0 N–H and O–H groups in total. The average molecular weight is 417 g/mol. The van der Waals surface area contributed by atoms with E-state index in [2.05, 4.69) is 0 Å². The minimum Gasteiger partial charge on any atom is -0.497 e. The Morgan fingerprint density at radius 3 is 2.61 bits per heavy atom. The summed E-state index contributed by atoms with van der Waals surface area (Å²) in [5.74, 6) is -0.0792. The van der Waals surface area contributed by atoms with Gasteiger partial charge in [-0.1, -0.05) is 36.4 Å². The highest BCUT2D eigenvalue weighted by atomic mass is 16.5. The number of furan rings is 1. The lowest BCUT2D eigenvalue weighted by Gasteiger charge is -2.22. The van der Waals surface area contributed by atoms with Gasteiger partial charge in [-0.2, -0.15) is 0 Å². The molecule has 0 saturated heterocycles. The summed E-state index contributed by atoms with van der Waals surface area (Å²) in [5.41, 5.74) is 2.14. The van der Waals surface area contributed by atoms with E-state index in [0.29, 0.717) is 23.4 Å². The van der Waals surface area contributed by atoms with Crippen LogP contribution in [0.5, 0.6) is 5.75 Å². The molecule has 0 fully saturated rings. The van der Waals surface area contributed by atoms with Crippen LogP contribution in [0, 0.1) is 0 Å². The number of anilines is 1. The van der Waals surface area contributed by atoms with Crippen LogP contribution in [0.15, 0.2) is 71.3 Å². The van der Waals surface area contributed by atoms with Crippen LogP contribution < -0.4 is 9.64 Å². The molecule has 0 atom stereocenters. The van der Waals surface area contributed by atoms with E-state index in [1.807, 2.05) is 55.5 Å². The van der Waals surface area contributed by atoms with Crippen LogP contribution >= 0.6 is 0 Å². The maximum absolute atomic E-state index is 12.8. The first kappa shape index (κ1) is 20.5. The standard InChI is InChI=1S/C25H23NO5/c1-3-26(22-10-6-8-17-7-4-5-9-20(17)22)24(27)16-31-25(28)13-18-15-30-23-14-19(29-2)11-12-21(18)23/h4-12,14-15H,3,13,16H2,1-2H3. The highest BCUT2D eigenvalue weighted by Gasteiger charge is 2.19. The number of nitrogens with zero attached hydrogens (tertiary/aromatic N) is 1. The lowest BCUT2D eigenvalue weighted by molar-refractivity contribution is -0.147. The molecule has 4 rings (SSSR count). The molecule has 3 aromatic carbocycles. The number of likely N-dealkylation sites (N-methyl/N-ethyl adjacent to an activating group) is 1. The zero-order chi connectivity index (χ0) is 21.8. The number of rotatable bonds is 7. The number of carbonyl (C=O) groups excluding carboxylic acids is 2. The number of hydrogen-bond donors (Lipinski definition) is 0.